The van der Waals surface area contributed by atoms with Crippen LogP contribution in [0, 0.1) is 5.92 Å². The van der Waals surface area contributed by atoms with E-state index in [4.69, 9.17) is 0 Å². The average molecular weight is 226 g/mol. The van der Waals surface area contributed by atoms with Crippen molar-refractivity contribution in [2.24, 2.45) is 5.92 Å². The van der Waals surface area contributed by atoms with Crippen LogP contribution < -0.4 is 0 Å². The predicted octanol–water partition coefficient (Wildman–Crippen LogP) is 1.17. The van der Waals surface area contributed by atoms with Crippen molar-refractivity contribution < 1.29 is 5.11 Å². The molecule has 3 heteroatoms. The maximum atomic E-state index is 10.1. The summed E-state index contributed by atoms with van der Waals surface area (Å²) in [4.78, 5) is 4.86. The highest BCUT2D eigenvalue weighted by Crippen LogP contribution is 2.29. The van der Waals surface area contributed by atoms with Gasteiger partial charge in [-0.25, -0.2) is 0 Å². The van der Waals surface area contributed by atoms with Crippen LogP contribution in [0.25, 0.3) is 0 Å². The van der Waals surface area contributed by atoms with Crippen LogP contribution in [-0.2, 0) is 0 Å². The number of likely N-dealkylation sites (tertiary alicyclic amines) is 1. The second-order valence-electron chi connectivity index (χ2n) is 5.88. The van der Waals surface area contributed by atoms with Gasteiger partial charge in [0, 0.05) is 25.2 Å². The first-order chi connectivity index (χ1) is 7.59. The normalized spacial score (nSPS) is 41.8. The lowest BCUT2D eigenvalue weighted by molar-refractivity contribution is 0.0279. The van der Waals surface area contributed by atoms with Gasteiger partial charge in [0.15, 0.2) is 0 Å². The smallest absolute Gasteiger partial charge is 0.0695 e. The van der Waals surface area contributed by atoms with Gasteiger partial charge in [0.2, 0.25) is 0 Å². The van der Waals surface area contributed by atoms with E-state index in [0.29, 0.717) is 12.1 Å². The maximum Gasteiger partial charge on any atom is 0.0695 e. The van der Waals surface area contributed by atoms with Gasteiger partial charge < -0.3 is 10.0 Å². The molecule has 1 aliphatic heterocycles. The van der Waals surface area contributed by atoms with Gasteiger partial charge in [0.05, 0.1) is 6.10 Å². The van der Waals surface area contributed by atoms with E-state index in [1.54, 1.807) is 0 Å². The summed E-state index contributed by atoms with van der Waals surface area (Å²) in [5.41, 5.74) is 0. The first kappa shape index (κ1) is 12.3. The van der Waals surface area contributed by atoms with Crippen LogP contribution in [0.2, 0.25) is 0 Å². The van der Waals surface area contributed by atoms with Crippen molar-refractivity contribution in [3.8, 4) is 0 Å². The summed E-state index contributed by atoms with van der Waals surface area (Å²) < 4.78 is 0. The Morgan fingerprint density at radius 3 is 2.38 bits per heavy atom. The molecule has 2 rings (SSSR count). The Bertz CT molecular complexity index is 232. The molecule has 1 heterocycles. The molecule has 1 saturated carbocycles. The quantitative estimate of drug-likeness (QED) is 0.766. The van der Waals surface area contributed by atoms with Crippen molar-refractivity contribution in [1.29, 1.82) is 0 Å². The largest absolute Gasteiger partial charge is 0.391 e. The number of likely N-dealkylation sites (N-methyl/N-ethyl adjacent to an activating group) is 1. The fourth-order valence-electron chi connectivity index (χ4n) is 3.45. The van der Waals surface area contributed by atoms with Crippen LogP contribution in [0.4, 0.5) is 0 Å². The fourth-order valence-corrected chi connectivity index (χ4v) is 3.45. The molecular formula is C13H26N2O. The number of aliphatic hydroxyl groups is 1. The first-order valence-electron chi connectivity index (χ1n) is 6.68. The van der Waals surface area contributed by atoms with E-state index in [0.717, 1.165) is 25.4 Å². The fraction of sp³-hybridized carbons (Fsp3) is 1.00. The zero-order chi connectivity index (χ0) is 11.7. The van der Waals surface area contributed by atoms with Gasteiger partial charge in [0.1, 0.15) is 0 Å². The van der Waals surface area contributed by atoms with Crippen molar-refractivity contribution in [3.63, 3.8) is 0 Å². The van der Waals surface area contributed by atoms with Gasteiger partial charge in [-0.2, -0.15) is 0 Å². The number of hydrogen-bond acceptors (Lipinski definition) is 3. The molecule has 1 N–H and O–H groups in total. The van der Waals surface area contributed by atoms with Gasteiger partial charge >= 0.3 is 0 Å². The number of hydrogen-bond donors (Lipinski definition) is 1. The molecule has 4 atom stereocenters. The van der Waals surface area contributed by atoms with E-state index < -0.39 is 0 Å². The van der Waals surface area contributed by atoms with Crippen LogP contribution in [-0.4, -0.2) is 60.3 Å². The van der Waals surface area contributed by atoms with Crippen LogP contribution in [0.3, 0.4) is 0 Å². The highest BCUT2D eigenvalue weighted by Gasteiger charge is 2.37. The molecule has 0 bridgehead atoms. The molecule has 1 saturated heterocycles. The third-order valence-electron chi connectivity index (χ3n) is 4.43. The Morgan fingerprint density at radius 1 is 1.12 bits per heavy atom. The van der Waals surface area contributed by atoms with Crippen LogP contribution in [0.15, 0.2) is 0 Å². The van der Waals surface area contributed by atoms with Crippen LogP contribution >= 0.6 is 0 Å². The molecule has 16 heavy (non-hydrogen) atoms. The SMILES string of the molecule is CC1CN(C2CCCCC2O)CC1N(C)C. The molecule has 2 aliphatic rings. The summed E-state index contributed by atoms with van der Waals surface area (Å²) in [7, 11) is 4.34. The summed E-state index contributed by atoms with van der Waals surface area (Å²) >= 11 is 0. The molecule has 0 radical (unpaired) electrons. The van der Waals surface area contributed by atoms with Gasteiger partial charge in [-0.3, -0.25) is 4.90 Å². The Kier molecular flexibility index (Phi) is 3.88. The van der Waals surface area contributed by atoms with Gasteiger partial charge in [-0.05, 0) is 32.9 Å². The van der Waals surface area contributed by atoms with E-state index in [2.05, 4.69) is 30.8 Å². The van der Waals surface area contributed by atoms with Crippen molar-refractivity contribution in [2.45, 2.75) is 50.8 Å². The van der Waals surface area contributed by atoms with E-state index in [-0.39, 0.29) is 6.10 Å². The number of nitrogens with zero attached hydrogens (tertiary/aromatic N) is 2. The van der Waals surface area contributed by atoms with E-state index in [1.165, 1.54) is 19.3 Å². The van der Waals surface area contributed by atoms with E-state index in [9.17, 15) is 5.11 Å². The summed E-state index contributed by atoms with van der Waals surface area (Å²) in [5.74, 6) is 0.726. The predicted molar refractivity (Wildman–Crippen MR) is 66.5 cm³/mol. The average Bonchev–Trinajstić information content (AvgIpc) is 2.61. The third kappa shape index (κ3) is 2.41. The summed E-state index contributed by atoms with van der Waals surface area (Å²) in [6.07, 6.45) is 4.61. The van der Waals surface area contributed by atoms with Crippen LogP contribution in [0.1, 0.15) is 32.6 Å². The van der Waals surface area contributed by atoms with Gasteiger partial charge in [-0.1, -0.05) is 19.8 Å². The molecule has 0 aromatic carbocycles. The Hall–Kier alpha value is -0.120. The molecular weight excluding hydrogens is 200 g/mol. The van der Waals surface area contributed by atoms with Crippen molar-refractivity contribution in [1.82, 2.24) is 9.80 Å². The second kappa shape index (κ2) is 5.03. The molecule has 0 amide bonds. The Labute approximate surface area is 99.4 Å². The zero-order valence-corrected chi connectivity index (χ0v) is 10.9. The lowest BCUT2D eigenvalue weighted by Gasteiger charge is -2.35. The van der Waals surface area contributed by atoms with E-state index >= 15 is 0 Å². The summed E-state index contributed by atoms with van der Waals surface area (Å²) in [6, 6.07) is 1.09. The minimum atomic E-state index is -0.0816. The molecule has 0 aromatic heterocycles. The molecule has 94 valence electrons. The molecule has 2 fully saturated rings. The Balaban J connectivity index is 1.96. The molecule has 1 aliphatic carbocycles. The maximum absolute atomic E-state index is 10.1. The Morgan fingerprint density at radius 2 is 1.81 bits per heavy atom. The molecule has 0 spiro atoms. The van der Waals surface area contributed by atoms with Crippen molar-refractivity contribution >= 4 is 0 Å². The third-order valence-corrected chi connectivity index (χ3v) is 4.43. The van der Waals surface area contributed by atoms with E-state index in [1.807, 2.05) is 0 Å². The molecule has 4 unspecified atom stereocenters. The van der Waals surface area contributed by atoms with Gasteiger partial charge in [0.25, 0.3) is 0 Å². The van der Waals surface area contributed by atoms with Crippen molar-refractivity contribution in [3.05, 3.63) is 0 Å². The van der Waals surface area contributed by atoms with Gasteiger partial charge in [-0.15, -0.1) is 0 Å². The minimum Gasteiger partial charge on any atom is -0.391 e. The standard InChI is InChI=1S/C13H26N2O/c1-10-8-15(9-12(10)14(2)3)11-6-4-5-7-13(11)16/h10-13,16H,4-9H2,1-3H3. The molecule has 0 aromatic rings. The summed E-state index contributed by atoms with van der Waals surface area (Å²) in [5, 5.41) is 10.1. The van der Waals surface area contributed by atoms with Crippen LogP contribution in [0.5, 0.6) is 0 Å². The first-order valence-corrected chi connectivity index (χ1v) is 6.68. The van der Waals surface area contributed by atoms with Crippen molar-refractivity contribution in [2.75, 3.05) is 27.2 Å². The lowest BCUT2D eigenvalue weighted by atomic mass is 9.91. The monoisotopic (exact) mass is 226 g/mol. The second-order valence-corrected chi connectivity index (χ2v) is 5.88. The summed E-state index contributed by atoms with van der Waals surface area (Å²) in [6.45, 7) is 4.63. The lowest BCUT2D eigenvalue weighted by Crippen LogP contribution is -2.45. The minimum absolute atomic E-state index is 0.0816. The number of rotatable bonds is 2. The highest BCUT2D eigenvalue weighted by molar-refractivity contribution is 4.93. The number of aliphatic hydroxyl groups excluding tert-OH is 1. The topological polar surface area (TPSA) is 26.7 Å². The molecule has 3 nitrogen and oxygen atoms in total. The zero-order valence-electron chi connectivity index (χ0n) is 10.9. The highest BCUT2D eigenvalue weighted by atomic mass is 16.3.